The molecule has 20 heavy (non-hydrogen) atoms. The van der Waals surface area contributed by atoms with E-state index in [1.165, 1.54) is 0 Å². The van der Waals surface area contributed by atoms with Crippen LogP contribution in [0.2, 0.25) is 0 Å². The van der Waals surface area contributed by atoms with Crippen LogP contribution < -0.4 is 16.4 Å². The van der Waals surface area contributed by atoms with Crippen molar-refractivity contribution in [2.24, 2.45) is 17.6 Å². The SMILES string of the molecule is CC(C)CNC(=O)NC(=O)CN(C)C1CCCC1CN. The zero-order valence-corrected chi connectivity index (χ0v) is 12.8. The zero-order valence-electron chi connectivity index (χ0n) is 12.8. The molecule has 1 fully saturated rings. The summed E-state index contributed by atoms with van der Waals surface area (Å²) in [6, 6.07) is -0.0663. The molecule has 0 saturated heterocycles. The summed E-state index contributed by atoms with van der Waals surface area (Å²) in [6.45, 7) is 5.46. The summed E-state index contributed by atoms with van der Waals surface area (Å²) in [7, 11) is 1.92. The fourth-order valence-electron chi connectivity index (χ4n) is 2.72. The molecule has 4 N–H and O–H groups in total. The minimum Gasteiger partial charge on any atom is -0.338 e. The number of hydrogen-bond donors (Lipinski definition) is 3. The molecule has 1 saturated carbocycles. The number of hydrogen-bond acceptors (Lipinski definition) is 4. The third-order valence-electron chi connectivity index (χ3n) is 3.80. The van der Waals surface area contributed by atoms with Gasteiger partial charge in [-0.3, -0.25) is 15.0 Å². The van der Waals surface area contributed by atoms with Crippen molar-refractivity contribution in [2.45, 2.75) is 39.2 Å². The van der Waals surface area contributed by atoms with Crippen LogP contribution in [-0.2, 0) is 4.79 Å². The number of carbonyl (C=O) groups excluding carboxylic acids is 2. The molecule has 0 aromatic carbocycles. The van der Waals surface area contributed by atoms with Gasteiger partial charge in [0.05, 0.1) is 6.54 Å². The maximum absolute atomic E-state index is 11.8. The average Bonchev–Trinajstić information content (AvgIpc) is 2.84. The quantitative estimate of drug-likeness (QED) is 0.664. The molecule has 116 valence electrons. The molecule has 6 nitrogen and oxygen atoms in total. The number of nitrogens with zero attached hydrogens (tertiary/aromatic N) is 1. The molecule has 1 aliphatic rings. The van der Waals surface area contributed by atoms with Crippen molar-refractivity contribution < 1.29 is 9.59 Å². The Morgan fingerprint density at radius 3 is 2.65 bits per heavy atom. The summed E-state index contributed by atoms with van der Waals surface area (Å²) in [4.78, 5) is 25.3. The monoisotopic (exact) mass is 284 g/mol. The van der Waals surface area contributed by atoms with Crippen molar-refractivity contribution in [3.8, 4) is 0 Å². The van der Waals surface area contributed by atoms with Crippen molar-refractivity contribution >= 4 is 11.9 Å². The van der Waals surface area contributed by atoms with E-state index >= 15 is 0 Å². The van der Waals surface area contributed by atoms with Crippen LogP contribution in [0, 0.1) is 11.8 Å². The van der Waals surface area contributed by atoms with Crippen LogP contribution in [0.25, 0.3) is 0 Å². The third kappa shape index (κ3) is 5.46. The van der Waals surface area contributed by atoms with Gasteiger partial charge in [0.1, 0.15) is 0 Å². The van der Waals surface area contributed by atoms with E-state index in [0.717, 1.165) is 19.3 Å². The lowest BCUT2D eigenvalue weighted by Gasteiger charge is -2.28. The highest BCUT2D eigenvalue weighted by molar-refractivity contribution is 5.95. The van der Waals surface area contributed by atoms with E-state index in [-0.39, 0.29) is 12.5 Å². The van der Waals surface area contributed by atoms with Crippen molar-refractivity contribution in [2.75, 3.05) is 26.7 Å². The van der Waals surface area contributed by atoms with Crippen molar-refractivity contribution in [1.29, 1.82) is 0 Å². The summed E-state index contributed by atoms with van der Waals surface area (Å²) in [6.07, 6.45) is 3.36. The predicted molar refractivity (Wildman–Crippen MR) is 79.2 cm³/mol. The van der Waals surface area contributed by atoms with Crippen LogP contribution in [0.1, 0.15) is 33.1 Å². The largest absolute Gasteiger partial charge is 0.338 e. The lowest BCUT2D eigenvalue weighted by Crippen LogP contribution is -2.47. The van der Waals surface area contributed by atoms with E-state index in [9.17, 15) is 9.59 Å². The molecular formula is C14H28N4O2. The van der Waals surface area contributed by atoms with Crippen molar-refractivity contribution in [3.05, 3.63) is 0 Å². The Hall–Kier alpha value is -1.14. The van der Waals surface area contributed by atoms with Gasteiger partial charge in [0, 0.05) is 12.6 Å². The Morgan fingerprint density at radius 2 is 2.05 bits per heavy atom. The minimum absolute atomic E-state index is 0.232. The highest BCUT2D eigenvalue weighted by Crippen LogP contribution is 2.28. The van der Waals surface area contributed by atoms with Crippen LogP contribution in [0.4, 0.5) is 4.79 Å². The second-order valence-corrected chi connectivity index (χ2v) is 6.06. The number of amides is 3. The van der Waals surface area contributed by atoms with E-state index in [2.05, 4.69) is 10.6 Å². The lowest BCUT2D eigenvalue weighted by molar-refractivity contribution is -0.121. The van der Waals surface area contributed by atoms with Gasteiger partial charge < -0.3 is 11.1 Å². The van der Waals surface area contributed by atoms with Crippen LogP contribution in [0.15, 0.2) is 0 Å². The first-order valence-corrected chi connectivity index (χ1v) is 7.42. The summed E-state index contributed by atoms with van der Waals surface area (Å²) in [5, 5.41) is 5.03. The molecule has 0 radical (unpaired) electrons. The number of nitrogens with two attached hydrogens (primary N) is 1. The van der Waals surface area contributed by atoms with E-state index in [4.69, 9.17) is 5.73 Å². The van der Waals surface area contributed by atoms with Gasteiger partial charge in [-0.25, -0.2) is 4.79 Å². The summed E-state index contributed by atoms with van der Waals surface area (Å²) >= 11 is 0. The summed E-state index contributed by atoms with van der Waals surface area (Å²) in [5.74, 6) is 0.557. The van der Waals surface area contributed by atoms with Gasteiger partial charge in [-0.15, -0.1) is 0 Å². The average molecular weight is 284 g/mol. The molecule has 1 aliphatic carbocycles. The van der Waals surface area contributed by atoms with Gasteiger partial charge in [0.25, 0.3) is 0 Å². The number of likely N-dealkylation sites (N-methyl/N-ethyl adjacent to an activating group) is 1. The Kier molecular flexibility index (Phi) is 6.95. The van der Waals surface area contributed by atoms with Crippen molar-refractivity contribution in [3.63, 3.8) is 0 Å². The summed E-state index contributed by atoms with van der Waals surface area (Å²) < 4.78 is 0. The van der Waals surface area contributed by atoms with E-state index in [0.29, 0.717) is 31.0 Å². The topological polar surface area (TPSA) is 87.5 Å². The molecule has 0 spiro atoms. The maximum atomic E-state index is 11.8. The Labute approximate surface area is 121 Å². The maximum Gasteiger partial charge on any atom is 0.321 e. The molecule has 0 aromatic heterocycles. The minimum atomic E-state index is -0.418. The van der Waals surface area contributed by atoms with Crippen molar-refractivity contribution in [1.82, 2.24) is 15.5 Å². The fraction of sp³-hybridized carbons (Fsp3) is 0.857. The first-order chi connectivity index (χ1) is 9.43. The smallest absolute Gasteiger partial charge is 0.321 e. The standard InChI is InChI=1S/C14H28N4O2/c1-10(2)8-16-14(20)17-13(19)9-18(3)12-6-4-5-11(12)7-15/h10-12H,4-9,15H2,1-3H3,(H2,16,17,19,20). The molecule has 6 heteroatoms. The van der Waals surface area contributed by atoms with Crippen LogP contribution >= 0.6 is 0 Å². The number of urea groups is 1. The zero-order chi connectivity index (χ0) is 15.1. The number of imide groups is 1. The summed E-state index contributed by atoms with van der Waals surface area (Å²) in [5.41, 5.74) is 5.75. The molecular weight excluding hydrogens is 256 g/mol. The highest BCUT2D eigenvalue weighted by Gasteiger charge is 2.30. The Morgan fingerprint density at radius 1 is 1.35 bits per heavy atom. The Bertz CT molecular complexity index is 333. The first-order valence-electron chi connectivity index (χ1n) is 7.42. The first kappa shape index (κ1) is 16.9. The van der Waals surface area contributed by atoms with E-state index in [1.54, 1.807) is 0 Å². The molecule has 0 aromatic rings. The van der Waals surface area contributed by atoms with Crippen LogP contribution in [0.5, 0.6) is 0 Å². The lowest BCUT2D eigenvalue weighted by atomic mass is 10.0. The highest BCUT2D eigenvalue weighted by atomic mass is 16.2. The molecule has 0 heterocycles. The van der Waals surface area contributed by atoms with E-state index < -0.39 is 6.03 Å². The number of rotatable bonds is 6. The molecule has 1 rings (SSSR count). The number of nitrogens with one attached hydrogen (secondary N) is 2. The Balaban J connectivity index is 2.32. The molecule has 0 bridgehead atoms. The van der Waals surface area contributed by atoms with Gasteiger partial charge in [0.2, 0.25) is 5.91 Å². The number of carbonyl (C=O) groups is 2. The van der Waals surface area contributed by atoms with Gasteiger partial charge in [-0.05, 0) is 38.3 Å². The predicted octanol–water partition coefficient (Wildman–Crippen LogP) is 0.527. The van der Waals surface area contributed by atoms with Gasteiger partial charge in [-0.2, -0.15) is 0 Å². The molecule has 2 atom stereocenters. The van der Waals surface area contributed by atoms with E-state index in [1.807, 2.05) is 25.8 Å². The molecule has 0 aliphatic heterocycles. The molecule has 2 unspecified atom stereocenters. The normalized spacial score (nSPS) is 22.3. The van der Waals surface area contributed by atoms with Gasteiger partial charge in [0.15, 0.2) is 0 Å². The second kappa shape index (κ2) is 8.21. The third-order valence-corrected chi connectivity index (χ3v) is 3.80. The fourth-order valence-corrected chi connectivity index (χ4v) is 2.72. The van der Waals surface area contributed by atoms with Gasteiger partial charge in [-0.1, -0.05) is 20.3 Å². The van der Waals surface area contributed by atoms with Gasteiger partial charge >= 0.3 is 6.03 Å². The van der Waals surface area contributed by atoms with Crippen LogP contribution in [-0.4, -0.2) is 49.6 Å². The second-order valence-electron chi connectivity index (χ2n) is 6.06. The van der Waals surface area contributed by atoms with Crippen LogP contribution in [0.3, 0.4) is 0 Å². The molecule has 3 amide bonds.